The Bertz CT molecular complexity index is 802. The summed E-state index contributed by atoms with van der Waals surface area (Å²) < 4.78 is 16.2. The highest BCUT2D eigenvalue weighted by atomic mass is 16.6. The molecule has 9 nitrogen and oxygen atoms in total. The second-order valence-electron chi connectivity index (χ2n) is 7.01. The van der Waals surface area contributed by atoms with Gasteiger partial charge in [0.25, 0.3) is 0 Å². The maximum atomic E-state index is 13.1. The Balaban J connectivity index is 1.85. The van der Waals surface area contributed by atoms with Gasteiger partial charge >= 0.3 is 6.09 Å². The van der Waals surface area contributed by atoms with Crippen LogP contribution in [0.5, 0.6) is 0 Å². The highest BCUT2D eigenvalue weighted by Crippen LogP contribution is 2.59. The smallest absolute Gasteiger partial charge is 0.404 e. The first-order valence-corrected chi connectivity index (χ1v) is 8.36. The van der Waals surface area contributed by atoms with Crippen molar-refractivity contribution in [3.8, 4) is 0 Å². The zero-order valence-corrected chi connectivity index (χ0v) is 15.1. The molecule has 26 heavy (non-hydrogen) atoms. The number of nitrogens with two attached hydrogens (primary N) is 1. The van der Waals surface area contributed by atoms with E-state index in [0.29, 0.717) is 12.2 Å². The number of hydrogen-bond acceptors (Lipinski definition) is 8. The molecule has 0 radical (unpaired) electrons. The number of carbonyl (C=O) groups excluding carboxylic acids is 3. The number of hydrogen-bond donors (Lipinski definition) is 1. The van der Waals surface area contributed by atoms with Gasteiger partial charge in [-0.1, -0.05) is 0 Å². The van der Waals surface area contributed by atoms with Crippen LogP contribution in [0.2, 0.25) is 0 Å². The van der Waals surface area contributed by atoms with Crippen LogP contribution in [0.25, 0.3) is 0 Å². The Kier molecular flexibility index (Phi) is 3.48. The van der Waals surface area contributed by atoms with Gasteiger partial charge in [-0.15, -0.1) is 0 Å². The van der Waals surface area contributed by atoms with Crippen LogP contribution < -0.4 is 5.73 Å². The SMILES string of the molecule is COC1=C(C)C(=O)C2=C(C1=O)[C@H](COC(N)=O)[C@]1(OC)[C@H]3[C@@H](CN21)N3C. The second kappa shape index (κ2) is 5.31. The average Bonchev–Trinajstić information content (AvgIpc) is 3.00. The number of rotatable bonds is 4. The van der Waals surface area contributed by atoms with Crippen molar-refractivity contribution in [3.63, 3.8) is 0 Å². The van der Waals surface area contributed by atoms with E-state index in [0.717, 1.165) is 0 Å². The summed E-state index contributed by atoms with van der Waals surface area (Å²) >= 11 is 0. The molecule has 1 unspecified atom stereocenters. The summed E-state index contributed by atoms with van der Waals surface area (Å²) in [5.41, 5.74) is 5.07. The number of ether oxygens (including phenoxy) is 3. The molecule has 4 rings (SSSR count). The van der Waals surface area contributed by atoms with Gasteiger partial charge in [0.15, 0.2) is 11.5 Å². The van der Waals surface area contributed by atoms with Crippen molar-refractivity contribution >= 4 is 17.7 Å². The third-order valence-corrected chi connectivity index (χ3v) is 6.10. The van der Waals surface area contributed by atoms with Crippen LogP contribution >= 0.6 is 0 Å². The third kappa shape index (κ3) is 1.79. The molecule has 0 spiro atoms. The van der Waals surface area contributed by atoms with Crippen molar-refractivity contribution in [2.75, 3.05) is 34.4 Å². The predicted octanol–water partition coefficient (Wildman–Crippen LogP) is -0.621. The summed E-state index contributed by atoms with van der Waals surface area (Å²) in [5.74, 6) is -1.25. The molecule has 1 aliphatic carbocycles. The van der Waals surface area contributed by atoms with Crippen LogP contribution in [0.15, 0.2) is 22.6 Å². The molecule has 0 aromatic carbocycles. The maximum Gasteiger partial charge on any atom is 0.404 e. The summed E-state index contributed by atoms with van der Waals surface area (Å²) in [5, 5.41) is 0. The first kappa shape index (κ1) is 17.0. The predicted molar refractivity (Wildman–Crippen MR) is 87.6 cm³/mol. The van der Waals surface area contributed by atoms with Gasteiger partial charge < -0.3 is 24.8 Å². The third-order valence-electron chi connectivity index (χ3n) is 6.10. The van der Waals surface area contributed by atoms with Crippen molar-refractivity contribution < 1.29 is 28.6 Å². The average molecular weight is 363 g/mol. The summed E-state index contributed by atoms with van der Waals surface area (Å²) in [6.45, 7) is 1.99. The summed E-state index contributed by atoms with van der Waals surface area (Å²) in [6, 6.07) is 0.211. The standard InChI is InChI=1S/C17H21N3O6/c1-7-12(21)11-10(13(22)14(7)24-3)8(6-26-16(18)23)17(25-4)15-9(19(15)2)5-20(11)17/h8-9,15H,5-6H2,1-4H3,(H2,18,23)/t8-,9+,15+,17-,19?/m0/s1. The molecule has 1 amide bonds. The highest BCUT2D eigenvalue weighted by Gasteiger charge is 2.75. The molecule has 2 fully saturated rings. The number of allylic oxidation sites excluding steroid dienone is 2. The van der Waals surface area contributed by atoms with E-state index in [9.17, 15) is 14.4 Å². The Hall–Kier alpha value is -2.39. The molecule has 140 valence electrons. The molecule has 5 atom stereocenters. The number of primary amides is 1. The van der Waals surface area contributed by atoms with Crippen molar-refractivity contribution in [2.24, 2.45) is 11.7 Å². The van der Waals surface area contributed by atoms with Crippen LogP contribution in [-0.4, -0.2) is 79.7 Å². The van der Waals surface area contributed by atoms with Gasteiger partial charge in [-0.2, -0.15) is 0 Å². The van der Waals surface area contributed by atoms with Crippen LogP contribution in [0, 0.1) is 5.92 Å². The summed E-state index contributed by atoms with van der Waals surface area (Å²) in [4.78, 5) is 41.3. The molecule has 9 heteroatoms. The van der Waals surface area contributed by atoms with Crippen LogP contribution in [0.4, 0.5) is 4.79 Å². The minimum absolute atomic E-state index is 0.00789. The van der Waals surface area contributed by atoms with Gasteiger partial charge in [-0.25, -0.2) is 4.79 Å². The van der Waals surface area contributed by atoms with Crippen molar-refractivity contribution in [1.29, 1.82) is 0 Å². The van der Waals surface area contributed by atoms with E-state index in [1.165, 1.54) is 7.11 Å². The molecule has 0 bridgehead atoms. The molecule has 4 aliphatic rings. The fraction of sp³-hybridized carbons (Fsp3) is 0.588. The molecule has 3 heterocycles. The molecule has 3 aliphatic heterocycles. The van der Waals surface area contributed by atoms with Crippen molar-refractivity contribution in [3.05, 3.63) is 22.6 Å². The number of fused-ring (bicyclic) bond motifs is 4. The number of nitrogens with zero attached hydrogens (tertiary/aromatic N) is 2. The van der Waals surface area contributed by atoms with Crippen molar-refractivity contribution in [1.82, 2.24) is 9.80 Å². The molecule has 0 saturated carbocycles. The van der Waals surface area contributed by atoms with Gasteiger partial charge in [0.2, 0.25) is 11.6 Å². The van der Waals surface area contributed by atoms with Gasteiger partial charge in [0.05, 0.1) is 24.8 Å². The monoisotopic (exact) mass is 363 g/mol. The van der Waals surface area contributed by atoms with Gasteiger partial charge in [-0.3, -0.25) is 14.5 Å². The zero-order chi connectivity index (χ0) is 19.0. The zero-order valence-electron chi connectivity index (χ0n) is 15.1. The van der Waals surface area contributed by atoms with Crippen LogP contribution in [0.1, 0.15) is 6.92 Å². The molecular weight excluding hydrogens is 342 g/mol. The first-order valence-electron chi connectivity index (χ1n) is 8.36. The molecule has 0 aromatic heterocycles. The molecule has 2 N–H and O–H groups in total. The Morgan fingerprint density at radius 3 is 2.58 bits per heavy atom. The number of amides is 1. The van der Waals surface area contributed by atoms with E-state index in [2.05, 4.69) is 4.90 Å². The van der Waals surface area contributed by atoms with Gasteiger partial charge in [-0.05, 0) is 14.0 Å². The minimum atomic E-state index is -0.950. The van der Waals surface area contributed by atoms with E-state index in [-0.39, 0.29) is 47.2 Å². The molecule has 2 saturated heterocycles. The van der Waals surface area contributed by atoms with E-state index < -0.39 is 17.7 Å². The Morgan fingerprint density at radius 1 is 1.31 bits per heavy atom. The largest absolute Gasteiger partial charge is 0.492 e. The van der Waals surface area contributed by atoms with Crippen LogP contribution in [-0.2, 0) is 23.8 Å². The topological polar surface area (TPSA) is 111 Å². The van der Waals surface area contributed by atoms with E-state index in [1.807, 2.05) is 11.9 Å². The number of piperazine rings is 1. The highest BCUT2D eigenvalue weighted by molar-refractivity contribution is 6.25. The number of Topliss-reactive ketones (excluding diaryl/α,β-unsaturated/α-hetero) is 2. The lowest BCUT2D eigenvalue weighted by molar-refractivity contribution is -0.144. The van der Waals surface area contributed by atoms with Gasteiger partial charge in [0.1, 0.15) is 6.61 Å². The molecular formula is C17H21N3O6. The molecule has 0 aromatic rings. The lowest BCUT2D eigenvalue weighted by Crippen LogP contribution is -2.55. The fourth-order valence-electron chi connectivity index (χ4n) is 4.94. The second-order valence-corrected chi connectivity index (χ2v) is 7.01. The summed E-state index contributed by atoms with van der Waals surface area (Å²) in [6.07, 6.45) is -0.941. The Labute approximate surface area is 150 Å². The van der Waals surface area contributed by atoms with E-state index in [1.54, 1.807) is 14.0 Å². The van der Waals surface area contributed by atoms with E-state index >= 15 is 0 Å². The summed E-state index contributed by atoms with van der Waals surface area (Å²) in [7, 11) is 4.87. The lowest BCUT2D eigenvalue weighted by Gasteiger charge is -2.40. The fourth-order valence-corrected chi connectivity index (χ4v) is 4.94. The quantitative estimate of drug-likeness (QED) is 0.520. The number of carbonyl (C=O) groups is 3. The lowest BCUT2D eigenvalue weighted by atomic mass is 9.83. The number of methoxy groups -OCH3 is 2. The van der Waals surface area contributed by atoms with E-state index in [4.69, 9.17) is 19.9 Å². The number of likely N-dealkylation sites (N-methyl/N-ethyl adjacent to an activating group) is 1. The Morgan fingerprint density at radius 2 is 2.00 bits per heavy atom. The van der Waals surface area contributed by atoms with Crippen LogP contribution in [0.3, 0.4) is 0 Å². The number of ketones is 2. The minimum Gasteiger partial charge on any atom is -0.492 e. The normalized spacial score (nSPS) is 37.6. The maximum absolute atomic E-state index is 13.1. The first-order chi connectivity index (χ1) is 12.3. The van der Waals surface area contributed by atoms with Gasteiger partial charge in [0, 0.05) is 30.8 Å². The van der Waals surface area contributed by atoms with Crippen molar-refractivity contribution in [2.45, 2.75) is 24.7 Å².